The van der Waals surface area contributed by atoms with Crippen molar-refractivity contribution >= 4 is 11.6 Å². The van der Waals surface area contributed by atoms with Crippen LogP contribution in [-0.4, -0.2) is 41.6 Å². The van der Waals surface area contributed by atoms with Gasteiger partial charge in [0.2, 0.25) is 5.91 Å². The van der Waals surface area contributed by atoms with Crippen molar-refractivity contribution in [2.75, 3.05) is 24.7 Å². The molecule has 3 aliphatic rings. The molecule has 3 fully saturated rings. The lowest BCUT2D eigenvalue weighted by Crippen LogP contribution is -2.63. The lowest BCUT2D eigenvalue weighted by atomic mass is 9.66. The quantitative estimate of drug-likeness (QED) is 0.803. The Hall–Kier alpha value is -1.55. The van der Waals surface area contributed by atoms with E-state index in [2.05, 4.69) is 67.1 Å². The molecule has 0 atom stereocenters. The summed E-state index contributed by atoms with van der Waals surface area (Å²) in [4.78, 5) is 18.1. The summed E-state index contributed by atoms with van der Waals surface area (Å²) in [5, 5.41) is 3.14. The summed E-state index contributed by atoms with van der Waals surface area (Å²) in [6.45, 7) is 12.3. The van der Waals surface area contributed by atoms with E-state index in [4.69, 9.17) is 0 Å². The molecule has 0 unspecified atom stereocenters. The van der Waals surface area contributed by atoms with Crippen LogP contribution in [0.2, 0.25) is 0 Å². The van der Waals surface area contributed by atoms with Crippen LogP contribution in [0.1, 0.15) is 66.2 Å². The molecule has 0 radical (unpaired) electrons. The van der Waals surface area contributed by atoms with Crippen LogP contribution in [0, 0.1) is 17.8 Å². The van der Waals surface area contributed by atoms with E-state index in [9.17, 15) is 4.79 Å². The lowest BCUT2D eigenvalue weighted by Gasteiger charge is -2.55. The number of benzene rings is 1. The van der Waals surface area contributed by atoms with E-state index in [1.807, 2.05) is 6.07 Å². The minimum absolute atomic E-state index is 0.225. The van der Waals surface area contributed by atoms with Gasteiger partial charge in [0.15, 0.2) is 0 Å². The second-order valence-corrected chi connectivity index (χ2v) is 10.3. The predicted molar refractivity (Wildman–Crippen MR) is 120 cm³/mol. The summed E-state index contributed by atoms with van der Waals surface area (Å²) < 4.78 is 0. The topological polar surface area (TPSA) is 35.6 Å². The first-order chi connectivity index (χ1) is 13.9. The Bertz CT molecular complexity index is 698. The van der Waals surface area contributed by atoms with Crippen molar-refractivity contribution < 1.29 is 4.79 Å². The number of para-hydroxylation sites is 1. The van der Waals surface area contributed by atoms with Crippen LogP contribution >= 0.6 is 0 Å². The number of piperidine rings is 1. The highest BCUT2D eigenvalue weighted by Gasteiger charge is 2.53. The van der Waals surface area contributed by atoms with Crippen LogP contribution in [0.3, 0.4) is 0 Å². The number of hydrogen-bond donors (Lipinski definition) is 1. The van der Waals surface area contributed by atoms with Gasteiger partial charge in [-0.1, -0.05) is 45.9 Å². The normalized spacial score (nSPS) is 30.3. The summed E-state index contributed by atoms with van der Waals surface area (Å²) in [5.41, 5.74) is 1.11. The Morgan fingerprint density at radius 3 is 2.14 bits per heavy atom. The molecular weight excluding hydrogens is 358 g/mol. The summed E-state index contributed by atoms with van der Waals surface area (Å²) >= 11 is 0. The first-order valence-corrected chi connectivity index (χ1v) is 11.7. The number of likely N-dealkylation sites (tertiary alicyclic amines) is 1. The molecule has 1 saturated carbocycles. The van der Waals surface area contributed by atoms with Crippen molar-refractivity contribution in [2.24, 2.45) is 17.8 Å². The zero-order valence-electron chi connectivity index (χ0n) is 18.8. The molecule has 160 valence electrons. The third kappa shape index (κ3) is 3.48. The molecule has 1 aromatic rings. The van der Waals surface area contributed by atoms with Gasteiger partial charge in [0.05, 0.1) is 6.67 Å². The number of nitrogens with zero attached hydrogens (tertiary/aromatic N) is 2. The Labute approximate surface area is 177 Å². The van der Waals surface area contributed by atoms with Gasteiger partial charge in [-0.05, 0) is 68.4 Å². The van der Waals surface area contributed by atoms with Crippen molar-refractivity contribution in [1.82, 2.24) is 10.2 Å². The molecule has 1 aromatic carbocycles. The smallest absolute Gasteiger partial charge is 0.247 e. The Kier molecular flexibility index (Phi) is 5.67. The molecule has 1 N–H and O–H groups in total. The van der Waals surface area contributed by atoms with Crippen molar-refractivity contribution in [3.63, 3.8) is 0 Å². The van der Waals surface area contributed by atoms with Crippen molar-refractivity contribution in [3.05, 3.63) is 30.3 Å². The predicted octanol–water partition coefficient (Wildman–Crippen LogP) is 4.66. The minimum atomic E-state index is -0.370. The van der Waals surface area contributed by atoms with Crippen molar-refractivity contribution in [2.45, 2.75) is 77.3 Å². The molecular formula is C25H39N3O. The SMILES string of the molecule is CC(C)C1CCC(C(C)C)(N2CCC3(CC2)C(=O)NCN3c2ccccc2)CC1. The molecule has 4 rings (SSSR count). The summed E-state index contributed by atoms with van der Waals surface area (Å²) in [5.74, 6) is 2.56. The van der Waals surface area contributed by atoms with Gasteiger partial charge in [0.25, 0.3) is 0 Å². The van der Waals surface area contributed by atoms with Gasteiger partial charge in [0, 0.05) is 24.3 Å². The molecule has 4 nitrogen and oxygen atoms in total. The maximum Gasteiger partial charge on any atom is 0.247 e. The Morgan fingerprint density at radius 2 is 1.59 bits per heavy atom. The first-order valence-electron chi connectivity index (χ1n) is 11.7. The van der Waals surface area contributed by atoms with Crippen LogP contribution in [-0.2, 0) is 4.79 Å². The van der Waals surface area contributed by atoms with Crippen LogP contribution in [0.5, 0.6) is 0 Å². The fourth-order valence-corrected chi connectivity index (χ4v) is 6.42. The van der Waals surface area contributed by atoms with Crippen LogP contribution in [0.15, 0.2) is 30.3 Å². The highest BCUT2D eigenvalue weighted by molar-refractivity contribution is 5.93. The van der Waals surface area contributed by atoms with E-state index in [1.54, 1.807) is 0 Å². The highest BCUT2D eigenvalue weighted by atomic mass is 16.2. The molecule has 0 bridgehead atoms. The number of carbonyl (C=O) groups excluding carboxylic acids is 1. The van der Waals surface area contributed by atoms with Crippen molar-refractivity contribution in [1.29, 1.82) is 0 Å². The first kappa shape index (κ1) is 20.7. The fraction of sp³-hybridized carbons (Fsp3) is 0.720. The summed E-state index contributed by atoms with van der Waals surface area (Å²) in [6.07, 6.45) is 7.19. The highest BCUT2D eigenvalue weighted by Crippen LogP contribution is 2.46. The minimum Gasteiger partial charge on any atom is -0.339 e. The van der Waals surface area contributed by atoms with Gasteiger partial charge in [-0.25, -0.2) is 0 Å². The van der Waals surface area contributed by atoms with Gasteiger partial charge in [-0.3, -0.25) is 9.69 Å². The maximum absolute atomic E-state index is 13.0. The Morgan fingerprint density at radius 1 is 0.966 bits per heavy atom. The molecule has 1 aliphatic carbocycles. The average Bonchev–Trinajstić information content (AvgIpc) is 3.04. The fourth-order valence-electron chi connectivity index (χ4n) is 6.42. The van der Waals surface area contributed by atoms with Crippen LogP contribution in [0.25, 0.3) is 0 Å². The number of anilines is 1. The molecule has 1 spiro atoms. The molecule has 1 amide bonds. The van der Waals surface area contributed by atoms with E-state index in [0.29, 0.717) is 18.1 Å². The monoisotopic (exact) mass is 397 g/mol. The zero-order chi connectivity index (χ0) is 20.6. The van der Waals surface area contributed by atoms with Crippen LogP contribution < -0.4 is 10.2 Å². The third-order valence-electron chi connectivity index (χ3n) is 8.54. The Balaban J connectivity index is 1.51. The molecule has 0 aromatic heterocycles. The average molecular weight is 398 g/mol. The molecule has 2 aliphatic heterocycles. The molecule has 4 heteroatoms. The number of nitrogens with one attached hydrogen (secondary N) is 1. The van der Waals surface area contributed by atoms with E-state index in [1.165, 1.54) is 25.7 Å². The molecule has 2 saturated heterocycles. The van der Waals surface area contributed by atoms with E-state index < -0.39 is 0 Å². The van der Waals surface area contributed by atoms with Gasteiger partial charge in [0.1, 0.15) is 5.54 Å². The molecule has 29 heavy (non-hydrogen) atoms. The number of hydrogen-bond acceptors (Lipinski definition) is 3. The number of carbonyl (C=O) groups is 1. The zero-order valence-corrected chi connectivity index (χ0v) is 18.8. The standard InChI is InChI=1S/C25H39N3O/c1-19(2)21-10-12-24(13-11-21,20(3)4)27-16-14-25(15-17-27)23(29)26-18-28(25)22-8-6-5-7-9-22/h5-9,19-21H,10-18H2,1-4H3,(H,26,29). The van der Waals surface area contributed by atoms with Gasteiger partial charge >= 0.3 is 0 Å². The summed E-state index contributed by atoms with van der Waals surface area (Å²) in [7, 11) is 0. The number of rotatable bonds is 4. The second-order valence-electron chi connectivity index (χ2n) is 10.3. The van der Waals surface area contributed by atoms with Gasteiger partial charge in [-0.2, -0.15) is 0 Å². The van der Waals surface area contributed by atoms with Gasteiger partial charge in [-0.15, -0.1) is 0 Å². The summed E-state index contributed by atoms with van der Waals surface area (Å²) in [6, 6.07) is 10.5. The second kappa shape index (κ2) is 7.94. The van der Waals surface area contributed by atoms with Crippen LogP contribution in [0.4, 0.5) is 5.69 Å². The largest absolute Gasteiger partial charge is 0.339 e. The third-order valence-corrected chi connectivity index (χ3v) is 8.54. The van der Waals surface area contributed by atoms with Gasteiger partial charge < -0.3 is 10.2 Å². The number of amides is 1. The van der Waals surface area contributed by atoms with E-state index >= 15 is 0 Å². The lowest BCUT2D eigenvalue weighted by molar-refractivity contribution is -0.126. The van der Waals surface area contributed by atoms with Crippen molar-refractivity contribution in [3.8, 4) is 0 Å². The maximum atomic E-state index is 13.0. The van der Waals surface area contributed by atoms with E-state index in [0.717, 1.165) is 43.5 Å². The van der Waals surface area contributed by atoms with E-state index in [-0.39, 0.29) is 11.4 Å². The molecule has 2 heterocycles.